The molecule has 0 unspecified atom stereocenters. The van der Waals surface area contributed by atoms with E-state index in [0.717, 1.165) is 22.4 Å². The van der Waals surface area contributed by atoms with Crippen LogP contribution >= 0.6 is 0 Å². The Kier molecular flexibility index (Phi) is 5.80. The Hall–Kier alpha value is -1.85. The Labute approximate surface area is 138 Å². The quantitative estimate of drug-likeness (QED) is 0.780. The summed E-state index contributed by atoms with van der Waals surface area (Å²) in [6, 6.07) is 15.4. The van der Waals surface area contributed by atoms with E-state index >= 15 is 0 Å². The molecule has 0 radical (unpaired) electrons. The molecular formula is C18H23NO3S. The molecule has 0 spiro atoms. The summed E-state index contributed by atoms with van der Waals surface area (Å²) in [6.45, 7) is 4.42. The van der Waals surface area contributed by atoms with Crippen LogP contribution in [0.3, 0.4) is 0 Å². The van der Waals surface area contributed by atoms with Crippen molar-refractivity contribution in [3.63, 3.8) is 0 Å². The lowest BCUT2D eigenvalue weighted by Gasteiger charge is -2.22. The molecule has 0 amide bonds. The minimum atomic E-state index is -3.28. The first-order chi connectivity index (χ1) is 10.9. The average Bonchev–Trinajstić information content (AvgIpc) is 2.57. The van der Waals surface area contributed by atoms with Crippen molar-refractivity contribution in [2.24, 2.45) is 0 Å². The molecule has 5 heteroatoms. The third kappa shape index (κ3) is 4.81. The van der Waals surface area contributed by atoms with Gasteiger partial charge in [-0.15, -0.1) is 0 Å². The molecular weight excluding hydrogens is 310 g/mol. The number of methoxy groups -OCH3 is 1. The van der Waals surface area contributed by atoms with E-state index in [-0.39, 0.29) is 5.75 Å². The van der Waals surface area contributed by atoms with E-state index in [1.54, 1.807) is 14.0 Å². The van der Waals surface area contributed by atoms with Gasteiger partial charge in [0.15, 0.2) is 0 Å². The number of sulfonamides is 1. The molecule has 0 fully saturated rings. The van der Waals surface area contributed by atoms with Crippen molar-refractivity contribution in [1.82, 2.24) is 4.31 Å². The van der Waals surface area contributed by atoms with E-state index in [4.69, 9.17) is 4.74 Å². The van der Waals surface area contributed by atoms with Crippen LogP contribution in [-0.4, -0.2) is 25.6 Å². The number of aryl methyl sites for hydroxylation is 1. The van der Waals surface area contributed by atoms with Gasteiger partial charge in [0, 0.05) is 13.1 Å². The smallest absolute Gasteiger partial charge is 0.214 e. The Morgan fingerprint density at radius 1 is 0.913 bits per heavy atom. The van der Waals surface area contributed by atoms with Crippen LogP contribution in [0.4, 0.5) is 0 Å². The van der Waals surface area contributed by atoms with Gasteiger partial charge in [-0.3, -0.25) is 0 Å². The van der Waals surface area contributed by atoms with Crippen molar-refractivity contribution in [2.75, 3.05) is 12.9 Å². The van der Waals surface area contributed by atoms with E-state index < -0.39 is 10.0 Å². The summed E-state index contributed by atoms with van der Waals surface area (Å²) in [5.41, 5.74) is 3.09. The molecule has 2 aromatic rings. The number of rotatable bonds is 7. The molecule has 0 saturated heterocycles. The molecule has 2 rings (SSSR count). The van der Waals surface area contributed by atoms with Crippen LogP contribution in [0.2, 0.25) is 0 Å². The van der Waals surface area contributed by atoms with Gasteiger partial charge in [-0.05, 0) is 37.1 Å². The molecule has 124 valence electrons. The first-order valence-electron chi connectivity index (χ1n) is 7.61. The predicted molar refractivity (Wildman–Crippen MR) is 92.9 cm³/mol. The molecule has 0 atom stereocenters. The highest BCUT2D eigenvalue weighted by Crippen LogP contribution is 2.17. The number of hydrogen-bond acceptors (Lipinski definition) is 3. The zero-order valence-corrected chi connectivity index (χ0v) is 14.6. The minimum Gasteiger partial charge on any atom is -0.497 e. The number of ether oxygens (including phenoxy) is 1. The maximum Gasteiger partial charge on any atom is 0.214 e. The lowest BCUT2D eigenvalue weighted by molar-refractivity contribution is 0.400. The van der Waals surface area contributed by atoms with E-state index in [1.807, 2.05) is 55.5 Å². The van der Waals surface area contributed by atoms with Crippen LogP contribution in [0, 0.1) is 6.92 Å². The number of benzene rings is 2. The summed E-state index contributed by atoms with van der Waals surface area (Å²) >= 11 is 0. The van der Waals surface area contributed by atoms with Gasteiger partial charge in [0.05, 0.1) is 12.9 Å². The molecule has 4 nitrogen and oxygen atoms in total. The van der Waals surface area contributed by atoms with Crippen LogP contribution < -0.4 is 4.74 Å². The largest absolute Gasteiger partial charge is 0.497 e. The van der Waals surface area contributed by atoms with Gasteiger partial charge >= 0.3 is 0 Å². The molecule has 0 heterocycles. The topological polar surface area (TPSA) is 46.6 Å². The van der Waals surface area contributed by atoms with Crippen LogP contribution in [0.25, 0.3) is 0 Å². The van der Waals surface area contributed by atoms with Gasteiger partial charge in [0.2, 0.25) is 10.0 Å². The zero-order valence-electron chi connectivity index (χ0n) is 13.8. The fourth-order valence-electron chi connectivity index (χ4n) is 2.27. The maximum absolute atomic E-state index is 12.4. The van der Waals surface area contributed by atoms with Crippen LogP contribution in [0.5, 0.6) is 5.75 Å². The van der Waals surface area contributed by atoms with Crippen molar-refractivity contribution in [1.29, 1.82) is 0 Å². The fourth-order valence-corrected chi connectivity index (χ4v) is 3.32. The third-order valence-corrected chi connectivity index (χ3v) is 5.53. The monoisotopic (exact) mass is 333 g/mol. The highest BCUT2D eigenvalue weighted by Gasteiger charge is 2.20. The molecule has 0 saturated carbocycles. The first kappa shape index (κ1) is 17.5. The molecule has 0 N–H and O–H groups in total. The third-order valence-electron chi connectivity index (χ3n) is 3.76. The lowest BCUT2D eigenvalue weighted by atomic mass is 10.1. The van der Waals surface area contributed by atoms with Crippen LogP contribution in [0.1, 0.15) is 23.6 Å². The average molecular weight is 333 g/mol. The molecule has 0 aromatic heterocycles. The Balaban J connectivity index is 2.21. The van der Waals surface area contributed by atoms with E-state index in [0.29, 0.717) is 13.1 Å². The van der Waals surface area contributed by atoms with E-state index in [9.17, 15) is 8.42 Å². The zero-order chi connectivity index (χ0) is 16.9. The second kappa shape index (κ2) is 7.62. The highest BCUT2D eigenvalue weighted by molar-refractivity contribution is 7.89. The van der Waals surface area contributed by atoms with Gasteiger partial charge < -0.3 is 4.74 Å². The van der Waals surface area contributed by atoms with Crippen molar-refractivity contribution in [2.45, 2.75) is 26.9 Å². The van der Waals surface area contributed by atoms with Crippen molar-refractivity contribution < 1.29 is 13.2 Å². The van der Waals surface area contributed by atoms with Gasteiger partial charge in [-0.1, -0.05) is 42.0 Å². The summed E-state index contributed by atoms with van der Waals surface area (Å²) in [7, 11) is -1.67. The molecule has 0 aliphatic rings. The lowest BCUT2D eigenvalue weighted by Crippen LogP contribution is -2.31. The van der Waals surface area contributed by atoms with Gasteiger partial charge in [0.25, 0.3) is 0 Å². The summed E-state index contributed by atoms with van der Waals surface area (Å²) in [5.74, 6) is 0.854. The summed E-state index contributed by atoms with van der Waals surface area (Å²) in [4.78, 5) is 0. The van der Waals surface area contributed by atoms with E-state index in [1.165, 1.54) is 4.31 Å². The molecule has 23 heavy (non-hydrogen) atoms. The van der Waals surface area contributed by atoms with Crippen molar-refractivity contribution in [3.05, 3.63) is 65.2 Å². The molecule has 0 bridgehead atoms. The molecule has 0 aliphatic carbocycles. The second-order valence-electron chi connectivity index (χ2n) is 5.50. The summed E-state index contributed by atoms with van der Waals surface area (Å²) in [5, 5.41) is 0. The van der Waals surface area contributed by atoms with E-state index in [2.05, 4.69) is 0 Å². The Bertz CT molecular complexity index is 722. The SMILES string of the molecule is CCS(=O)(=O)N(Cc1ccc(C)cc1)Cc1ccc(OC)cc1. The van der Waals surface area contributed by atoms with Crippen LogP contribution in [0.15, 0.2) is 48.5 Å². The summed E-state index contributed by atoms with van der Waals surface area (Å²) < 4.78 is 31.5. The normalized spacial score (nSPS) is 11.7. The predicted octanol–water partition coefficient (Wildman–Crippen LogP) is 3.36. The Morgan fingerprint density at radius 3 is 1.83 bits per heavy atom. The van der Waals surface area contributed by atoms with Crippen molar-refractivity contribution >= 4 is 10.0 Å². The van der Waals surface area contributed by atoms with Crippen molar-refractivity contribution in [3.8, 4) is 5.75 Å². The first-order valence-corrected chi connectivity index (χ1v) is 9.22. The number of nitrogens with zero attached hydrogens (tertiary/aromatic N) is 1. The standard InChI is InChI=1S/C18H23NO3S/c1-4-23(20,21)19(13-16-7-5-15(2)6-8-16)14-17-9-11-18(22-3)12-10-17/h5-12H,4,13-14H2,1-3H3. The fraction of sp³-hybridized carbons (Fsp3) is 0.333. The second-order valence-corrected chi connectivity index (χ2v) is 7.76. The minimum absolute atomic E-state index is 0.0923. The Morgan fingerprint density at radius 2 is 1.39 bits per heavy atom. The summed E-state index contributed by atoms with van der Waals surface area (Å²) in [6.07, 6.45) is 0. The maximum atomic E-state index is 12.4. The van der Waals surface area contributed by atoms with Gasteiger partial charge in [-0.2, -0.15) is 4.31 Å². The highest BCUT2D eigenvalue weighted by atomic mass is 32.2. The van der Waals surface area contributed by atoms with Gasteiger partial charge in [0.1, 0.15) is 5.75 Å². The number of hydrogen-bond donors (Lipinski definition) is 0. The molecule has 0 aliphatic heterocycles. The molecule has 2 aromatic carbocycles. The van der Waals surface area contributed by atoms with Crippen LogP contribution in [-0.2, 0) is 23.1 Å². The van der Waals surface area contributed by atoms with Gasteiger partial charge in [-0.25, -0.2) is 8.42 Å².